The minimum atomic E-state index is -0.749. The number of esters is 1. The lowest BCUT2D eigenvalue weighted by atomic mass is 10.2. The van der Waals surface area contributed by atoms with E-state index in [0.29, 0.717) is 17.9 Å². The predicted octanol–water partition coefficient (Wildman–Crippen LogP) is 6.91. The second-order valence-electron chi connectivity index (χ2n) is 9.15. The first-order valence-electron chi connectivity index (χ1n) is 11.2. The summed E-state index contributed by atoms with van der Waals surface area (Å²) in [6.45, 7) is 9.73. The van der Waals surface area contributed by atoms with Crippen LogP contribution in [0.25, 0.3) is 0 Å². The van der Waals surface area contributed by atoms with Crippen molar-refractivity contribution in [3.63, 3.8) is 0 Å². The van der Waals surface area contributed by atoms with Gasteiger partial charge < -0.3 is 14.2 Å². The molecule has 1 atom stereocenters. The Morgan fingerprint density at radius 1 is 0.824 bits per heavy atom. The van der Waals surface area contributed by atoms with Crippen LogP contribution in [0.3, 0.4) is 0 Å². The van der Waals surface area contributed by atoms with E-state index in [4.69, 9.17) is 14.2 Å². The first-order valence-corrected chi connectivity index (χ1v) is 12.4. The van der Waals surface area contributed by atoms with Crippen LogP contribution in [0.2, 0.25) is 0 Å². The molecule has 6 heteroatoms. The fourth-order valence-electron chi connectivity index (χ4n) is 3.09. The molecule has 0 aliphatic carbocycles. The second-order valence-corrected chi connectivity index (χ2v) is 11.1. The van der Waals surface area contributed by atoms with E-state index in [2.05, 4.69) is 0 Å². The molecule has 3 aromatic rings. The number of carbonyl (C=O) groups is 2. The van der Waals surface area contributed by atoms with Crippen LogP contribution in [0.4, 0.5) is 4.79 Å². The van der Waals surface area contributed by atoms with E-state index in [-0.39, 0.29) is 11.9 Å². The maximum Gasteiger partial charge on any atom is 0.514 e. The van der Waals surface area contributed by atoms with Gasteiger partial charge in [-0.15, -0.1) is 0 Å². The Bertz CT molecular complexity index is 1100. The predicted molar refractivity (Wildman–Crippen MR) is 133 cm³/mol. The van der Waals surface area contributed by atoms with Gasteiger partial charge >= 0.3 is 12.1 Å². The Balaban J connectivity index is 1.95. The summed E-state index contributed by atoms with van der Waals surface area (Å²) >= 11 is 0. The third-order valence-electron chi connectivity index (χ3n) is 4.50. The number of hydrogen-bond donors (Lipinski definition) is 0. The van der Waals surface area contributed by atoms with Crippen LogP contribution in [-0.4, -0.2) is 24.3 Å². The molecular formula is C28H31O5S+. The van der Waals surface area contributed by atoms with Crippen molar-refractivity contribution in [3.05, 3.63) is 84.4 Å². The summed E-state index contributed by atoms with van der Waals surface area (Å²) in [7, 11) is -0.570. The van der Waals surface area contributed by atoms with E-state index < -0.39 is 22.7 Å². The molecule has 0 aliphatic rings. The highest BCUT2D eigenvalue weighted by Gasteiger charge is 2.33. The molecule has 178 valence electrons. The summed E-state index contributed by atoms with van der Waals surface area (Å²) < 4.78 is 16.1. The Morgan fingerprint density at radius 2 is 1.41 bits per heavy atom. The van der Waals surface area contributed by atoms with Crippen molar-refractivity contribution in [2.45, 2.75) is 54.9 Å². The highest BCUT2D eigenvalue weighted by atomic mass is 32.2. The van der Waals surface area contributed by atoms with E-state index >= 15 is 0 Å². The van der Waals surface area contributed by atoms with Gasteiger partial charge in [-0.25, -0.2) is 9.59 Å². The quantitative estimate of drug-likeness (QED) is 0.209. The smallest absolute Gasteiger partial charge is 0.462 e. The minimum absolute atomic E-state index is 0.251. The average molecular weight is 480 g/mol. The van der Waals surface area contributed by atoms with E-state index in [1.54, 1.807) is 39.0 Å². The molecule has 0 radical (unpaired) electrons. The number of carbonyl (C=O) groups excluding carboxylic acids is 2. The molecule has 0 aliphatic heterocycles. The van der Waals surface area contributed by atoms with E-state index in [1.807, 2.05) is 74.5 Å². The molecule has 3 aromatic carbocycles. The molecule has 0 saturated carbocycles. The lowest BCUT2D eigenvalue weighted by Crippen LogP contribution is -2.25. The van der Waals surface area contributed by atoms with Gasteiger partial charge in [0.1, 0.15) is 27.8 Å². The largest absolute Gasteiger partial charge is 0.514 e. The summed E-state index contributed by atoms with van der Waals surface area (Å²) in [5, 5.41) is 0. The van der Waals surface area contributed by atoms with Crippen LogP contribution < -0.4 is 4.74 Å². The van der Waals surface area contributed by atoms with Crippen molar-refractivity contribution in [3.8, 4) is 5.75 Å². The maximum absolute atomic E-state index is 12.9. The van der Waals surface area contributed by atoms with Crippen molar-refractivity contribution in [1.82, 2.24) is 0 Å². The minimum Gasteiger partial charge on any atom is -0.462 e. The molecule has 1 unspecified atom stereocenters. The zero-order valence-electron chi connectivity index (χ0n) is 20.2. The van der Waals surface area contributed by atoms with Gasteiger partial charge in [-0.1, -0.05) is 44.2 Å². The Labute approximate surface area is 204 Å². The number of rotatable bonds is 7. The van der Waals surface area contributed by atoms with Gasteiger partial charge in [-0.05, 0) is 75.2 Å². The lowest BCUT2D eigenvalue weighted by molar-refractivity contribution is 0.0206. The summed E-state index contributed by atoms with van der Waals surface area (Å²) in [6.07, 6.45) is -0.749. The molecule has 0 bridgehead atoms. The van der Waals surface area contributed by atoms with Crippen LogP contribution >= 0.6 is 0 Å². The van der Waals surface area contributed by atoms with Crippen LogP contribution in [-0.2, 0) is 20.4 Å². The van der Waals surface area contributed by atoms with Crippen LogP contribution in [0.15, 0.2) is 93.5 Å². The fourth-order valence-corrected chi connectivity index (χ4v) is 5.29. The molecule has 0 spiro atoms. The summed E-state index contributed by atoms with van der Waals surface area (Å²) in [6, 6.07) is 24.9. The molecule has 34 heavy (non-hydrogen) atoms. The number of benzene rings is 3. The number of ether oxygens (including phenoxy) is 3. The monoisotopic (exact) mass is 479 g/mol. The van der Waals surface area contributed by atoms with Gasteiger partial charge in [0.15, 0.2) is 14.7 Å². The first kappa shape index (κ1) is 25.4. The average Bonchev–Trinajstić information content (AvgIpc) is 2.78. The Morgan fingerprint density at radius 3 is 2.03 bits per heavy atom. The second kappa shape index (κ2) is 11.3. The van der Waals surface area contributed by atoms with Crippen molar-refractivity contribution in [2.24, 2.45) is 5.92 Å². The van der Waals surface area contributed by atoms with Crippen LogP contribution in [0, 0.1) is 5.92 Å². The lowest BCUT2D eigenvalue weighted by Gasteiger charge is -2.18. The SMILES string of the molecule is CC(C)COC(=O)c1ccccc1[S+](c1ccccc1)c1ccc(OC(=O)OC(C)(C)C)cc1. The summed E-state index contributed by atoms with van der Waals surface area (Å²) in [4.78, 5) is 27.9. The van der Waals surface area contributed by atoms with Gasteiger partial charge in [-0.3, -0.25) is 0 Å². The third kappa shape index (κ3) is 7.12. The normalized spacial score (nSPS) is 12.2. The molecule has 0 aromatic heterocycles. The molecule has 0 heterocycles. The maximum atomic E-state index is 12.9. The molecule has 5 nitrogen and oxygen atoms in total. The van der Waals surface area contributed by atoms with E-state index in [9.17, 15) is 9.59 Å². The molecule has 3 rings (SSSR count). The third-order valence-corrected chi connectivity index (χ3v) is 6.79. The zero-order valence-corrected chi connectivity index (χ0v) is 21.1. The molecular weight excluding hydrogens is 448 g/mol. The highest BCUT2D eigenvalue weighted by Crippen LogP contribution is 2.34. The van der Waals surface area contributed by atoms with Crippen LogP contribution in [0.1, 0.15) is 45.0 Å². The zero-order chi connectivity index (χ0) is 24.7. The van der Waals surface area contributed by atoms with Gasteiger partial charge in [-0.2, -0.15) is 0 Å². The number of hydrogen-bond acceptors (Lipinski definition) is 5. The van der Waals surface area contributed by atoms with Gasteiger partial charge in [0.2, 0.25) is 0 Å². The first-order chi connectivity index (χ1) is 16.1. The van der Waals surface area contributed by atoms with Crippen molar-refractivity contribution in [1.29, 1.82) is 0 Å². The fraction of sp³-hybridized carbons (Fsp3) is 0.286. The standard InChI is InChI=1S/C28H31O5S/c1-20(2)19-31-26(29)24-13-9-10-14-25(24)34(22-11-7-6-8-12-22)23-17-15-21(16-18-23)32-27(30)33-28(3,4)5/h6-18,20H,19H2,1-5H3/q+1. The molecule has 0 fully saturated rings. The van der Waals surface area contributed by atoms with E-state index in [1.165, 1.54) is 0 Å². The van der Waals surface area contributed by atoms with Crippen LogP contribution in [0.5, 0.6) is 5.75 Å². The van der Waals surface area contributed by atoms with Gasteiger partial charge in [0.05, 0.1) is 6.61 Å². The topological polar surface area (TPSA) is 61.8 Å². The van der Waals surface area contributed by atoms with Gasteiger partial charge in [0, 0.05) is 0 Å². The molecule has 0 N–H and O–H groups in total. The highest BCUT2D eigenvalue weighted by molar-refractivity contribution is 7.97. The molecule has 0 amide bonds. The summed E-state index contributed by atoms with van der Waals surface area (Å²) in [5.41, 5.74) is -0.0885. The van der Waals surface area contributed by atoms with Gasteiger partial charge in [0.25, 0.3) is 0 Å². The van der Waals surface area contributed by atoms with E-state index in [0.717, 1.165) is 14.7 Å². The molecule has 0 saturated heterocycles. The Hall–Kier alpha value is -3.25. The van der Waals surface area contributed by atoms with Crippen molar-refractivity contribution >= 4 is 23.0 Å². The Kier molecular flexibility index (Phi) is 8.40. The summed E-state index contributed by atoms with van der Waals surface area (Å²) in [5.74, 6) is 0.308. The van der Waals surface area contributed by atoms with Crippen molar-refractivity contribution in [2.75, 3.05) is 6.61 Å². The van der Waals surface area contributed by atoms with Crippen molar-refractivity contribution < 1.29 is 23.8 Å².